The molecule has 0 spiro atoms. The van der Waals surface area contributed by atoms with Gasteiger partial charge in [-0.15, -0.1) is 0 Å². The molecule has 0 radical (unpaired) electrons. The van der Waals surface area contributed by atoms with Gasteiger partial charge >= 0.3 is 11.9 Å². The van der Waals surface area contributed by atoms with Crippen molar-refractivity contribution in [3.8, 4) is 0 Å². The summed E-state index contributed by atoms with van der Waals surface area (Å²) in [5, 5.41) is 3.20. The van der Waals surface area contributed by atoms with E-state index in [9.17, 15) is 14.4 Å². The number of hydrogen-bond donors (Lipinski definition) is 1. The first-order valence-electron chi connectivity index (χ1n) is 12.4. The van der Waals surface area contributed by atoms with Crippen molar-refractivity contribution in [1.82, 2.24) is 0 Å². The molecule has 2 aromatic carbocycles. The van der Waals surface area contributed by atoms with Crippen LogP contribution in [-0.2, 0) is 28.6 Å². The van der Waals surface area contributed by atoms with Crippen LogP contribution in [0.25, 0.3) is 0 Å². The Morgan fingerprint density at radius 2 is 1.56 bits per heavy atom. The first-order chi connectivity index (χ1) is 17.2. The van der Waals surface area contributed by atoms with Crippen molar-refractivity contribution >= 4 is 23.4 Å². The van der Waals surface area contributed by atoms with Gasteiger partial charge in [0.05, 0.1) is 13.2 Å². The lowest BCUT2D eigenvalue weighted by Crippen LogP contribution is -2.63. The van der Waals surface area contributed by atoms with Crippen LogP contribution in [0.1, 0.15) is 52.0 Å². The highest BCUT2D eigenvalue weighted by atomic mass is 16.6. The molecular formula is C29H33NO6. The van der Waals surface area contributed by atoms with Crippen molar-refractivity contribution in [2.75, 3.05) is 18.5 Å². The number of Topliss-reactive ketones (excluding diaryl/α,β-unsaturated/α-hetero) is 1. The monoisotopic (exact) mass is 491 g/mol. The Balaban J connectivity index is 2.02. The number of allylic oxidation sites excluding steroid dienone is 2. The van der Waals surface area contributed by atoms with Crippen LogP contribution in [0.15, 0.2) is 72.0 Å². The molecule has 1 aliphatic heterocycles. The summed E-state index contributed by atoms with van der Waals surface area (Å²) in [5.74, 6) is -3.06. The van der Waals surface area contributed by atoms with E-state index in [0.717, 1.165) is 5.56 Å². The summed E-state index contributed by atoms with van der Waals surface area (Å²) in [6.45, 7) is 7.57. The normalized spacial score (nSPS) is 24.8. The summed E-state index contributed by atoms with van der Waals surface area (Å²) in [5.41, 5.74) is -0.606. The number of anilines is 1. The molecule has 1 aliphatic carbocycles. The maximum Gasteiger partial charge on any atom is 0.373 e. The van der Waals surface area contributed by atoms with Crippen LogP contribution in [0, 0.1) is 11.3 Å². The van der Waals surface area contributed by atoms with Crippen LogP contribution in [0.3, 0.4) is 0 Å². The zero-order valence-corrected chi connectivity index (χ0v) is 21.2. The number of ketones is 1. The average Bonchev–Trinajstić information content (AvgIpc) is 2.83. The lowest BCUT2D eigenvalue weighted by molar-refractivity contribution is -0.185. The zero-order chi connectivity index (χ0) is 25.9. The van der Waals surface area contributed by atoms with Gasteiger partial charge in [-0.2, -0.15) is 0 Å². The Morgan fingerprint density at radius 1 is 0.944 bits per heavy atom. The lowest BCUT2D eigenvalue weighted by Gasteiger charge is -2.49. The second-order valence-corrected chi connectivity index (χ2v) is 9.95. The van der Waals surface area contributed by atoms with E-state index in [1.54, 1.807) is 26.0 Å². The van der Waals surface area contributed by atoms with Crippen LogP contribution in [0.5, 0.6) is 0 Å². The van der Waals surface area contributed by atoms with Crippen LogP contribution in [0.2, 0.25) is 0 Å². The van der Waals surface area contributed by atoms with Crippen LogP contribution >= 0.6 is 0 Å². The van der Waals surface area contributed by atoms with Crippen molar-refractivity contribution in [3.05, 3.63) is 77.6 Å². The van der Waals surface area contributed by atoms with Gasteiger partial charge in [0.1, 0.15) is 11.7 Å². The van der Waals surface area contributed by atoms with Gasteiger partial charge in [-0.1, -0.05) is 62.4 Å². The van der Waals surface area contributed by atoms with E-state index in [4.69, 9.17) is 14.2 Å². The first-order valence-corrected chi connectivity index (χ1v) is 12.4. The molecule has 1 heterocycles. The third kappa shape index (κ3) is 4.74. The second-order valence-electron chi connectivity index (χ2n) is 9.95. The molecular weight excluding hydrogens is 458 g/mol. The number of carbonyl (C=O) groups is 3. The highest BCUT2D eigenvalue weighted by molar-refractivity contribution is 6.02. The van der Waals surface area contributed by atoms with E-state index >= 15 is 0 Å². The van der Waals surface area contributed by atoms with Gasteiger partial charge in [-0.05, 0) is 37.0 Å². The minimum atomic E-state index is -1.95. The number of benzene rings is 2. The highest BCUT2D eigenvalue weighted by Gasteiger charge is 2.63. The molecule has 0 fully saturated rings. The van der Waals surface area contributed by atoms with Crippen molar-refractivity contribution in [1.29, 1.82) is 0 Å². The van der Waals surface area contributed by atoms with Crippen molar-refractivity contribution in [3.63, 3.8) is 0 Å². The minimum absolute atomic E-state index is 0.0856. The summed E-state index contributed by atoms with van der Waals surface area (Å²) in [4.78, 5) is 41.1. The standard InChI is InChI=1S/C29H33NO6/c1-5-34-26(32)25-23(19-13-9-7-10-14-19)24-21(31)17-28(3,4)18-22(24)36-29(25,27(33)35-6-2)30-20-15-11-8-12-16-20/h7-16,23,25,30H,5-6,17-18H2,1-4H3. The lowest BCUT2D eigenvalue weighted by atomic mass is 9.65. The Labute approximate surface area is 211 Å². The van der Waals surface area contributed by atoms with E-state index in [2.05, 4.69) is 5.32 Å². The predicted octanol–water partition coefficient (Wildman–Crippen LogP) is 4.99. The fourth-order valence-electron chi connectivity index (χ4n) is 5.23. The van der Waals surface area contributed by atoms with Crippen molar-refractivity contribution in [2.24, 2.45) is 11.3 Å². The Morgan fingerprint density at radius 3 is 2.17 bits per heavy atom. The van der Waals surface area contributed by atoms with Gasteiger partial charge < -0.3 is 19.5 Å². The molecule has 1 N–H and O–H groups in total. The fourth-order valence-corrected chi connectivity index (χ4v) is 5.23. The summed E-state index contributed by atoms with van der Waals surface area (Å²) in [6.07, 6.45) is 0.747. The molecule has 0 saturated carbocycles. The molecule has 2 aromatic rings. The Kier molecular flexibility index (Phi) is 7.20. The molecule has 0 amide bonds. The highest BCUT2D eigenvalue weighted by Crippen LogP contribution is 2.53. The molecule has 2 aliphatic rings. The number of ether oxygens (including phenoxy) is 3. The predicted molar refractivity (Wildman–Crippen MR) is 135 cm³/mol. The van der Waals surface area contributed by atoms with E-state index in [-0.39, 0.29) is 24.4 Å². The summed E-state index contributed by atoms with van der Waals surface area (Å²) in [7, 11) is 0. The largest absolute Gasteiger partial charge is 0.466 e. The molecule has 7 nitrogen and oxygen atoms in total. The minimum Gasteiger partial charge on any atom is -0.466 e. The summed E-state index contributed by atoms with van der Waals surface area (Å²) in [6, 6.07) is 18.3. The van der Waals surface area contributed by atoms with E-state index < -0.39 is 29.5 Å². The van der Waals surface area contributed by atoms with Gasteiger partial charge in [0.2, 0.25) is 0 Å². The molecule has 3 atom stereocenters. The van der Waals surface area contributed by atoms with E-state index in [0.29, 0.717) is 29.9 Å². The van der Waals surface area contributed by atoms with Gasteiger partial charge in [-0.3, -0.25) is 9.59 Å². The Bertz CT molecular complexity index is 1160. The smallest absolute Gasteiger partial charge is 0.373 e. The molecule has 190 valence electrons. The van der Waals surface area contributed by atoms with E-state index in [1.165, 1.54) is 0 Å². The SMILES string of the molecule is CCOC(=O)C1C(c2ccccc2)C2=C(CC(C)(C)CC2=O)OC1(Nc1ccccc1)C(=O)OCC. The maximum atomic E-state index is 13.8. The molecule has 36 heavy (non-hydrogen) atoms. The van der Waals surface area contributed by atoms with Gasteiger partial charge in [0.25, 0.3) is 5.72 Å². The van der Waals surface area contributed by atoms with Gasteiger partial charge in [0, 0.05) is 30.0 Å². The van der Waals surface area contributed by atoms with Gasteiger partial charge in [0.15, 0.2) is 5.78 Å². The number of nitrogens with one attached hydrogen (secondary N) is 1. The molecule has 3 unspecified atom stereocenters. The third-order valence-electron chi connectivity index (χ3n) is 6.63. The number of hydrogen-bond acceptors (Lipinski definition) is 7. The maximum absolute atomic E-state index is 13.8. The molecule has 0 saturated heterocycles. The topological polar surface area (TPSA) is 90.9 Å². The average molecular weight is 492 g/mol. The second kappa shape index (κ2) is 10.2. The zero-order valence-electron chi connectivity index (χ0n) is 21.2. The number of carbonyl (C=O) groups excluding carboxylic acids is 3. The van der Waals surface area contributed by atoms with Crippen molar-refractivity contribution < 1.29 is 28.6 Å². The fraction of sp³-hybridized carbons (Fsp3) is 0.414. The molecule has 0 aromatic heterocycles. The van der Waals surface area contributed by atoms with Gasteiger partial charge in [-0.25, -0.2) is 4.79 Å². The van der Waals surface area contributed by atoms with Crippen LogP contribution in [0.4, 0.5) is 5.69 Å². The summed E-state index contributed by atoms with van der Waals surface area (Å²) < 4.78 is 17.5. The number of esters is 2. The van der Waals surface area contributed by atoms with E-state index in [1.807, 2.05) is 62.4 Å². The van der Waals surface area contributed by atoms with Crippen LogP contribution in [-0.4, -0.2) is 36.7 Å². The number of rotatable bonds is 7. The molecule has 4 rings (SSSR count). The summed E-state index contributed by atoms with van der Waals surface area (Å²) >= 11 is 0. The first kappa shape index (κ1) is 25.5. The van der Waals surface area contributed by atoms with Crippen LogP contribution < -0.4 is 5.32 Å². The number of para-hydroxylation sites is 1. The molecule has 7 heteroatoms. The Hall–Kier alpha value is -3.61. The van der Waals surface area contributed by atoms with Crippen molar-refractivity contribution in [2.45, 2.75) is 52.2 Å². The molecule has 0 bridgehead atoms. The quantitative estimate of drug-likeness (QED) is 0.546. The third-order valence-corrected chi connectivity index (χ3v) is 6.63.